The molecule has 3 saturated carbocycles. The van der Waals surface area contributed by atoms with Gasteiger partial charge in [-0.15, -0.1) is 11.3 Å². The van der Waals surface area contributed by atoms with Gasteiger partial charge in [-0.25, -0.2) is 20.1 Å². The number of fused-ring (bicyclic) bond motifs is 1. The van der Waals surface area contributed by atoms with Crippen LogP contribution in [-0.2, 0) is 14.1 Å². The van der Waals surface area contributed by atoms with E-state index in [1.807, 2.05) is 0 Å². The van der Waals surface area contributed by atoms with Gasteiger partial charge in [0, 0.05) is 12.1 Å². The van der Waals surface area contributed by atoms with E-state index in [9.17, 15) is 19.7 Å². The SMILES string of the molecule is CC(C)C[C@H](NC(=O)[C@H](CCCN=C(N)N[N+](=O)[O-])NC(=O)c1ccc2ncsc2c1)B1O[C@@H]2C[C@H]3C[C@H](C3(C)C)[C@]2(C)O1. The Hall–Kier alpha value is -3.30. The second-order valence-corrected chi connectivity index (χ2v) is 14.3. The van der Waals surface area contributed by atoms with Crippen LogP contribution in [0.3, 0.4) is 0 Å². The summed E-state index contributed by atoms with van der Waals surface area (Å²) in [7, 11) is -0.603. The Morgan fingerprint density at radius 1 is 1.27 bits per heavy atom. The van der Waals surface area contributed by atoms with Crippen molar-refractivity contribution < 1.29 is 23.9 Å². The number of benzene rings is 1. The van der Waals surface area contributed by atoms with E-state index < -0.39 is 35.6 Å². The van der Waals surface area contributed by atoms with Crippen LogP contribution in [0.5, 0.6) is 0 Å². The summed E-state index contributed by atoms with van der Waals surface area (Å²) in [5.41, 5.74) is 10.0. The number of nitrogens with one attached hydrogen (secondary N) is 3. The van der Waals surface area contributed by atoms with E-state index in [0.29, 0.717) is 30.2 Å². The lowest BCUT2D eigenvalue weighted by atomic mass is 9.43. The molecule has 2 heterocycles. The molecular formula is C29H42BN7O6S. The summed E-state index contributed by atoms with van der Waals surface area (Å²) in [4.78, 5) is 46.0. The molecule has 6 atom stereocenters. The van der Waals surface area contributed by atoms with E-state index in [1.165, 1.54) is 11.3 Å². The number of carbonyl (C=O) groups excluding carboxylic acids is 2. The smallest absolute Gasteiger partial charge is 0.404 e. The van der Waals surface area contributed by atoms with Crippen LogP contribution in [0.4, 0.5) is 0 Å². The third-order valence-electron chi connectivity index (χ3n) is 9.70. The topological polar surface area (TPSA) is 183 Å². The minimum Gasteiger partial charge on any atom is -0.404 e. The molecule has 4 fully saturated rings. The van der Waals surface area contributed by atoms with Gasteiger partial charge in [-0.1, -0.05) is 33.1 Å². The highest BCUT2D eigenvalue weighted by Crippen LogP contribution is 2.65. The molecule has 1 aromatic carbocycles. The number of rotatable bonds is 12. The minimum absolute atomic E-state index is 0.0240. The molecule has 2 amide bonds. The van der Waals surface area contributed by atoms with Crippen molar-refractivity contribution in [2.45, 2.75) is 90.4 Å². The summed E-state index contributed by atoms with van der Waals surface area (Å²) in [5, 5.41) is 15.9. The molecule has 1 saturated heterocycles. The number of hydrogen-bond acceptors (Lipinski definition) is 9. The number of amides is 2. The average Bonchev–Trinajstić information content (AvgIpc) is 3.56. The number of hydrazine groups is 1. The molecule has 2 aromatic rings. The van der Waals surface area contributed by atoms with E-state index in [2.05, 4.69) is 55.2 Å². The van der Waals surface area contributed by atoms with Crippen LogP contribution in [0, 0.1) is 33.3 Å². The van der Waals surface area contributed by atoms with Gasteiger partial charge in [-0.05, 0) is 80.4 Å². The first-order valence-corrected chi connectivity index (χ1v) is 16.1. The Morgan fingerprint density at radius 2 is 2.05 bits per heavy atom. The van der Waals surface area contributed by atoms with Crippen molar-refractivity contribution >= 4 is 46.4 Å². The number of guanidine groups is 1. The van der Waals surface area contributed by atoms with Gasteiger partial charge >= 0.3 is 7.12 Å². The average molecular weight is 628 g/mol. The summed E-state index contributed by atoms with van der Waals surface area (Å²) in [6, 6.07) is 4.30. The van der Waals surface area contributed by atoms with Crippen molar-refractivity contribution in [3.05, 3.63) is 39.4 Å². The van der Waals surface area contributed by atoms with Crippen LogP contribution in [0.15, 0.2) is 28.7 Å². The first kappa shape index (κ1) is 32.1. The summed E-state index contributed by atoms with van der Waals surface area (Å²) in [6.07, 6.45) is 3.25. The number of aliphatic imine (C=N–C) groups is 1. The lowest BCUT2D eigenvalue weighted by Crippen LogP contribution is -2.65. The van der Waals surface area contributed by atoms with Crippen LogP contribution in [0.1, 0.15) is 77.1 Å². The maximum absolute atomic E-state index is 13.9. The van der Waals surface area contributed by atoms with Gasteiger partial charge in [-0.2, -0.15) is 0 Å². The Labute approximate surface area is 261 Å². The van der Waals surface area contributed by atoms with E-state index in [1.54, 1.807) is 29.1 Å². The molecule has 3 aliphatic carbocycles. The highest BCUT2D eigenvalue weighted by atomic mass is 32.1. The molecule has 0 radical (unpaired) electrons. The van der Waals surface area contributed by atoms with Crippen molar-refractivity contribution in [2.24, 2.45) is 33.9 Å². The molecule has 1 aliphatic heterocycles. The highest BCUT2D eigenvalue weighted by Gasteiger charge is 2.68. The van der Waals surface area contributed by atoms with Crippen molar-refractivity contribution in [2.75, 3.05) is 6.54 Å². The quantitative estimate of drug-likeness (QED) is 0.0686. The monoisotopic (exact) mass is 627 g/mol. The normalized spacial score (nSPS) is 26.9. The number of hydrogen-bond donors (Lipinski definition) is 4. The predicted molar refractivity (Wildman–Crippen MR) is 168 cm³/mol. The third kappa shape index (κ3) is 6.54. The van der Waals surface area contributed by atoms with Crippen molar-refractivity contribution in [3.63, 3.8) is 0 Å². The number of nitro groups is 1. The zero-order chi connectivity index (χ0) is 31.8. The second kappa shape index (κ2) is 12.6. The predicted octanol–water partition coefficient (Wildman–Crippen LogP) is 3.07. The largest absolute Gasteiger partial charge is 0.481 e. The van der Waals surface area contributed by atoms with Gasteiger partial charge in [0.05, 0.1) is 33.4 Å². The molecule has 0 unspecified atom stereocenters. The lowest BCUT2D eigenvalue weighted by molar-refractivity contribution is -0.525. The molecule has 4 aliphatic rings. The molecule has 238 valence electrons. The van der Waals surface area contributed by atoms with Gasteiger partial charge in [0.25, 0.3) is 11.9 Å². The van der Waals surface area contributed by atoms with Gasteiger partial charge < -0.3 is 25.7 Å². The number of carbonyl (C=O) groups is 2. The fourth-order valence-corrected chi connectivity index (χ4v) is 7.95. The van der Waals surface area contributed by atoms with Gasteiger partial charge in [-0.3, -0.25) is 9.59 Å². The molecule has 6 rings (SSSR count). The Bertz CT molecular complexity index is 1440. The molecule has 1 aromatic heterocycles. The zero-order valence-corrected chi connectivity index (χ0v) is 26.7. The van der Waals surface area contributed by atoms with Crippen LogP contribution in [0.25, 0.3) is 10.2 Å². The van der Waals surface area contributed by atoms with Crippen molar-refractivity contribution in [1.82, 2.24) is 21.0 Å². The third-order valence-corrected chi connectivity index (χ3v) is 10.5. The van der Waals surface area contributed by atoms with Crippen LogP contribution in [0.2, 0.25) is 0 Å². The van der Waals surface area contributed by atoms with E-state index in [-0.39, 0.29) is 42.3 Å². The van der Waals surface area contributed by atoms with Crippen LogP contribution < -0.4 is 21.8 Å². The molecule has 44 heavy (non-hydrogen) atoms. The molecular weight excluding hydrogens is 585 g/mol. The summed E-state index contributed by atoms with van der Waals surface area (Å²) in [5.74, 6) is -0.268. The number of thiazole rings is 1. The van der Waals surface area contributed by atoms with Crippen molar-refractivity contribution in [1.29, 1.82) is 0 Å². The van der Waals surface area contributed by atoms with E-state index in [4.69, 9.17) is 15.0 Å². The highest BCUT2D eigenvalue weighted by molar-refractivity contribution is 7.16. The Morgan fingerprint density at radius 3 is 2.75 bits per heavy atom. The fourth-order valence-electron chi connectivity index (χ4n) is 7.23. The Balaban J connectivity index is 1.30. The molecule has 0 spiro atoms. The molecule has 15 heteroatoms. The van der Waals surface area contributed by atoms with Gasteiger partial charge in [0.1, 0.15) is 6.04 Å². The van der Waals surface area contributed by atoms with Gasteiger partial charge in [0.15, 0.2) is 5.03 Å². The second-order valence-electron chi connectivity index (χ2n) is 13.4. The van der Waals surface area contributed by atoms with E-state index in [0.717, 1.165) is 23.1 Å². The van der Waals surface area contributed by atoms with Crippen LogP contribution >= 0.6 is 11.3 Å². The molecule has 13 nitrogen and oxygen atoms in total. The van der Waals surface area contributed by atoms with Crippen LogP contribution in [-0.4, -0.2) is 65.1 Å². The maximum Gasteiger partial charge on any atom is 0.481 e. The standard InChI is InChI=1S/C29H42BN7O6S/c1-16(2)11-24(30-42-23-14-18-13-22(28(18,3)4)29(23,5)43-30)35-26(39)20(7-6-10-32-27(31)36-37(40)41)34-25(38)17-8-9-19-21(12-17)44-15-33-19/h8-9,12,15-16,18,20,22-24H,6-7,10-11,13-14H2,1-5H3,(H,34,38)(H,35,39)(H3,31,32,36)/t18-,20+,22-,23-,24+,29+/m1/s1. The summed E-state index contributed by atoms with van der Waals surface area (Å²) < 4.78 is 14.1. The minimum atomic E-state index is -0.903. The number of nitrogens with zero attached hydrogens (tertiary/aromatic N) is 3. The summed E-state index contributed by atoms with van der Waals surface area (Å²) >= 11 is 1.43. The Kier molecular flexibility index (Phi) is 9.20. The fraction of sp³-hybridized carbons (Fsp3) is 0.655. The first-order valence-electron chi connectivity index (χ1n) is 15.3. The summed E-state index contributed by atoms with van der Waals surface area (Å²) in [6.45, 7) is 11.1. The van der Waals surface area contributed by atoms with Gasteiger partial charge in [0.2, 0.25) is 5.91 Å². The number of aromatic nitrogens is 1. The lowest BCUT2D eigenvalue weighted by Gasteiger charge is -2.64. The molecule has 5 N–H and O–H groups in total. The van der Waals surface area contributed by atoms with E-state index >= 15 is 0 Å². The van der Waals surface area contributed by atoms with Crippen molar-refractivity contribution in [3.8, 4) is 0 Å². The maximum atomic E-state index is 13.9. The first-order chi connectivity index (χ1) is 20.8. The zero-order valence-electron chi connectivity index (χ0n) is 25.9. The number of nitrogens with two attached hydrogens (primary N) is 1. The molecule has 2 bridgehead atoms.